The van der Waals surface area contributed by atoms with Gasteiger partial charge in [0.05, 0.1) is 23.5 Å². The Morgan fingerprint density at radius 1 is 1.16 bits per heavy atom. The molecule has 0 aliphatic rings. The van der Waals surface area contributed by atoms with Crippen molar-refractivity contribution in [1.29, 1.82) is 0 Å². The Morgan fingerprint density at radius 3 is 2.72 bits per heavy atom. The number of halogens is 2. The Morgan fingerprint density at radius 2 is 1.96 bits per heavy atom. The van der Waals surface area contributed by atoms with Gasteiger partial charge in [0, 0.05) is 11.5 Å². The van der Waals surface area contributed by atoms with Crippen LogP contribution >= 0.6 is 11.6 Å². The van der Waals surface area contributed by atoms with Crippen molar-refractivity contribution in [2.75, 3.05) is 7.11 Å². The number of fused-ring (bicyclic) bond motifs is 3. The maximum atomic E-state index is 14.3. The van der Waals surface area contributed by atoms with Crippen molar-refractivity contribution in [2.24, 2.45) is 0 Å². The monoisotopic (exact) mass is 356 g/mol. The van der Waals surface area contributed by atoms with Crippen molar-refractivity contribution in [3.63, 3.8) is 0 Å². The fourth-order valence-corrected chi connectivity index (χ4v) is 3.08. The maximum Gasteiger partial charge on any atom is 0.237 e. The third kappa shape index (κ3) is 2.76. The molecule has 0 radical (unpaired) electrons. The minimum atomic E-state index is -0.625. The molecule has 4 nitrogen and oxygen atoms in total. The van der Waals surface area contributed by atoms with Crippen LogP contribution in [0, 0.1) is 5.95 Å². The van der Waals surface area contributed by atoms with E-state index in [1.807, 2.05) is 36.4 Å². The third-order valence-electron chi connectivity index (χ3n) is 4.02. The van der Waals surface area contributed by atoms with Crippen molar-refractivity contribution < 1.29 is 13.9 Å². The molecule has 0 aliphatic carbocycles. The molecule has 4 rings (SSSR count). The quantitative estimate of drug-likeness (QED) is 0.518. The number of nitrogens with zero attached hydrogens (tertiary/aromatic N) is 1. The zero-order chi connectivity index (χ0) is 17.4. The summed E-state index contributed by atoms with van der Waals surface area (Å²) in [6.45, 7) is 0.455. The van der Waals surface area contributed by atoms with Gasteiger partial charge in [0.1, 0.15) is 17.4 Å². The number of ether oxygens (including phenoxy) is 2. The summed E-state index contributed by atoms with van der Waals surface area (Å²) in [5, 5.41) is 1.29. The van der Waals surface area contributed by atoms with E-state index in [9.17, 15) is 4.39 Å². The maximum absolute atomic E-state index is 14.3. The van der Waals surface area contributed by atoms with Gasteiger partial charge in [0.2, 0.25) is 11.8 Å². The van der Waals surface area contributed by atoms with Crippen molar-refractivity contribution in [2.45, 2.75) is 6.61 Å². The lowest BCUT2D eigenvalue weighted by Crippen LogP contribution is -1.94. The summed E-state index contributed by atoms with van der Waals surface area (Å²) in [4.78, 5) is 6.90. The number of hydrogen-bond acceptors (Lipinski definition) is 3. The number of rotatable bonds is 4. The Labute approximate surface area is 148 Å². The average molecular weight is 357 g/mol. The van der Waals surface area contributed by atoms with Crippen LogP contribution in [0.4, 0.5) is 4.39 Å². The molecule has 0 spiro atoms. The Kier molecular flexibility index (Phi) is 3.93. The number of H-pyrrole nitrogens is 1. The zero-order valence-electron chi connectivity index (χ0n) is 13.3. The highest BCUT2D eigenvalue weighted by Gasteiger charge is 2.18. The van der Waals surface area contributed by atoms with Crippen LogP contribution in [-0.2, 0) is 6.61 Å². The van der Waals surface area contributed by atoms with E-state index in [-0.39, 0.29) is 10.9 Å². The molecule has 0 atom stereocenters. The van der Waals surface area contributed by atoms with Crippen molar-refractivity contribution >= 4 is 33.4 Å². The van der Waals surface area contributed by atoms with Gasteiger partial charge in [-0.3, -0.25) is 0 Å². The molecular formula is C19H14ClFN2O2. The largest absolute Gasteiger partial charge is 0.489 e. The van der Waals surface area contributed by atoms with E-state index in [0.717, 1.165) is 11.1 Å². The summed E-state index contributed by atoms with van der Waals surface area (Å²) in [5.74, 6) is 0.110. The lowest BCUT2D eigenvalue weighted by molar-refractivity contribution is 0.306. The summed E-state index contributed by atoms with van der Waals surface area (Å²) in [6.07, 6.45) is 0. The Bertz CT molecular complexity index is 1060. The first-order chi connectivity index (χ1) is 12.2. The van der Waals surface area contributed by atoms with Crippen LogP contribution in [0.3, 0.4) is 0 Å². The third-order valence-corrected chi connectivity index (χ3v) is 4.38. The number of methoxy groups -OCH3 is 1. The van der Waals surface area contributed by atoms with E-state index in [4.69, 9.17) is 21.1 Å². The van der Waals surface area contributed by atoms with Gasteiger partial charge in [-0.25, -0.2) is 0 Å². The van der Waals surface area contributed by atoms with Crippen LogP contribution < -0.4 is 9.47 Å². The van der Waals surface area contributed by atoms with Crippen LogP contribution in [0.25, 0.3) is 21.8 Å². The van der Waals surface area contributed by atoms with Gasteiger partial charge < -0.3 is 14.5 Å². The normalized spacial score (nSPS) is 11.2. The Hall–Kier alpha value is -2.79. The number of benzene rings is 2. The van der Waals surface area contributed by atoms with Gasteiger partial charge >= 0.3 is 0 Å². The summed E-state index contributed by atoms with van der Waals surface area (Å²) in [5.41, 5.74) is 2.25. The molecule has 6 heteroatoms. The van der Waals surface area contributed by atoms with E-state index in [0.29, 0.717) is 28.6 Å². The molecule has 1 N–H and O–H groups in total. The SMILES string of the molecule is COc1nc(F)c2c([nH]c3cc(OCc4ccccc4)ccc32)c1Cl. The summed E-state index contributed by atoms with van der Waals surface area (Å²) in [7, 11) is 1.40. The molecule has 25 heavy (non-hydrogen) atoms. The molecule has 2 aromatic heterocycles. The molecule has 0 saturated carbocycles. The second-order valence-electron chi connectivity index (χ2n) is 5.58. The molecule has 4 aromatic rings. The molecule has 0 bridgehead atoms. The fraction of sp³-hybridized carbons (Fsp3) is 0.105. The molecule has 0 saturated heterocycles. The smallest absolute Gasteiger partial charge is 0.237 e. The van der Waals surface area contributed by atoms with E-state index in [2.05, 4.69) is 9.97 Å². The molecule has 0 unspecified atom stereocenters. The standard InChI is InChI=1S/C19H14ClFN2O2/c1-24-19-16(20)17-15(18(21)23-19)13-8-7-12(9-14(13)22-17)25-10-11-5-3-2-4-6-11/h2-9,22H,10H2,1H3. The second-order valence-corrected chi connectivity index (χ2v) is 5.96. The number of pyridine rings is 1. The lowest BCUT2D eigenvalue weighted by atomic mass is 10.2. The first-order valence-corrected chi connectivity index (χ1v) is 8.06. The average Bonchev–Trinajstić information content (AvgIpc) is 3.03. The van der Waals surface area contributed by atoms with Crippen LogP contribution in [0.15, 0.2) is 48.5 Å². The lowest BCUT2D eigenvalue weighted by Gasteiger charge is -2.06. The van der Waals surface area contributed by atoms with Crippen molar-refractivity contribution in [3.05, 3.63) is 65.1 Å². The number of nitrogens with one attached hydrogen (secondary N) is 1. The number of hydrogen-bond donors (Lipinski definition) is 1. The number of aromatic amines is 1. The Balaban J connectivity index is 1.74. The number of aromatic nitrogens is 2. The van der Waals surface area contributed by atoms with Gasteiger partial charge in [-0.1, -0.05) is 41.9 Å². The van der Waals surface area contributed by atoms with E-state index in [1.54, 1.807) is 12.1 Å². The van der Waals surface area contributed by atoms with Gasteiger partial charge in [0.25, 0.3) is 0 Å². The molecule has 126 valence electrons. The van der Waals surface area contributed by atoms with Gasteiger partial charge in [-0.2, -0.15) is 9.37 Å². The summed E-state index contributed by atoms with van der Waals surface area (Å²) in [6, 6.07) is 15.3. The summed E-state index contributed by atoms with van der Waals surface area (Å²) >= 11 is 6.25. The molecule has 0 amide bonds. The highest BCUT2D eigenvalue weighted by Crippen LogP contribution is 2.37. The van der Waals surface area contributed by atoms with E-state index in [1.165, 1.54) is 7.11 Å². The highest BCUT2D eigenvalue weighted by molar-refractivity contribution is 6.37. The molecule has 0 aliphatic heterocycles. The molecular weight excluding hydrogens is 343 g/mol. The predicted molar refractivity (Wildman–Crippen MR) is 95.9 cm³/mol. The van der Waals surface area contributed by atoms with Crippen LogP contribution in [0.5, 0.6) is 11.6 Å². The highest BCUT2D eigenvalue weighted by atomic mass is 35.5. The first kappa shape index (κ1) is 15.7. The van der Waals surface area contributed by atoms with Gasteiger partial charge in [0.15, 0.2) is 0 Å². The molecule has 2 heterocycles. The van der Waals surface area contributed by atoms with Gasteiger partial charge in [-0.05, 0) is 17.7 Å². The molecule has 0 fully saturated rings. The first-order valence-electron chi connectivity index (χ1n) is 7.68. The van der Waals surface area contributed by atoms with Crippen molar-refractivity contribution in [1.82, 2.24) is 9.97 Å². The minimum absolute atomic E-state index is 0.0544. The van der Waals surface area contributed by atoms with Crippen LogP contribution in [0.2, 0.25) is 5.02 Å². The zero-order valence-corrected chi connectivity index (χ0v) is 14.1. The van der Waals surface area contributed by atoms with Crippen LogP contribution in [-0.4, -0.2) is 17.1 Å². The summed E-state index contributed by atoms with van der Waals surface area (Å²) < 4.78 is 25.2. The predicted octanol–water partition coefficient (Wildman–Crippen LogP) is 5.10. The van der Waals surface area contributed by atoms with Crippen LogP contribution in [0.1, 0.15) is 5.56 Å². The van der Waals surface area contributed by atoms with Gasteiger partial charge in [-0.15, -0.1) is 0 Å². The fourth-order valence-electron chi connectivity index (χ4n) is 2.82. The van der Waals surface area contributed by atoms with Crippen molar-refractivity contribution in [3.8, 4) is 11.6 Å². The topological polar surface area (TPSA) is 47.1 Å². The van der Waals surface area contributed by atoms with E-state index >= 15 is 0 Å². The minimum Gasteiger partial charge on any atom is -0.489 e. The van der Waals surface area contributed by atoms with E-state index < -0.39 is 5.95 Å². The second kappa shape index (κ2) is 6.26. The molecule has 2 aromatic carbocycles.